The van der Waals surface area contributed by atoms with Crippen molar-refractivity contribution in [3.63, 3.8) is 0 Å². The average Bonchev–Trinajstić information content (AvgIpc) is 2.17. The first kappa shape index (κ1) is 11.5. The van der Waals surface area contributed by atoms with Crippen LogP contribution >= 0.6 is 0 Å². The molecule has 0 aromatic carbocycles. The van der Waals surface area contributed by atoms with Crippen molar-refractivity contribution in [2.45, 2.75) is 32.1 Å². The van der Waals surface area contributed by atoms with Crippen molar-refractivity contribution < 1.29 is 8.42 Å². The fourth-order valence-electron chi connectivity index (χ4n) is 1.77. The van der Waals surface area contributed by atoms with E-state index in [1.807, 2.05) is 0 Å². The molecule has 1 aliphatic rings. The summed E-state index contributed by atoms with van der Waals surface area (Å²) in [6.45, 7) is 0.504. The lowest BCUT2D eigenvalue weighted by molar-refractivity contribution is 0.357. The van der Waals surface area contributed by atoms with E-state index in [1.54, 1.807) is 6.07 Å². The van der Waals surface area contributed by atoms with Crippen molar-refractivity contribution in [3.05, 3.63) is 0 Å². The van der Waals surface area contributed by atoms with Crippen LogP contribution in [0.25, 0.3) is 0 Å². The molecule has 0 aliphatic heterocycles. The summed E-state index contributed by atoms with van der Waals surface area (Å²) in [5.41, 5.74) is 0. The molecule has 0 spiro atoms. The van der Waals surface area contributed by atoms with E-state index in [4.69, 9.17) is 5.26 Å². The maximum atomic E-state index is 11.1. The normalized spacial score (nSPS) is 19.1. The van der Waals surface area contributed by atoms with Crippen molar-refractivity contribution in [1.82, 2.24) is 4.72 Å². The quantitative estimate of drug-likeness (QED) is 0.762. The Morgan fingerprint density at radius 2 is 1.93 bits per heavy atom. The van der Waals surface area contributed by atoms with Gasteiger partial charge in [0, 0.05) is 6.54 Å². The van der Waals surface area contributed by atoms with E-state index in [0.717, 1.165) is 12.8 Å². The number of sulfonamides is 1. The Bertz CT molecular complexity index is 299. The van der Waals surface area contributed by atoms with Gasteiger partial charge in [-0.15, -0.1) is 0 Å². The first-order valence-electron chi connectivity index (χ1n) is 4.98. The monoisotopic (exact) mass is 216 g/mol. The number of hydrogen-bond acceptors (Lipinski definition) is 3. The van der Waals surface area contributed by atoms with E-state index in [9.17, 15) is 8.42 Å². The van der Waals surface area contributed by atoms with Crippen LogP contribution in [0.15, 0.2) is 0 Å². The van der Waals surface area contributed by atoms with E-state index in [2.05, 4.69) is 4.72 Å². The maximum absolute atomic E-state index is 11.1. The highest BCUT2D eigenvalue weighted by Crippen LogP contribution is 2.22. The van der Waals surface area contributed by atoms with Crippen LogP contribution in [-0.4, -0.2) is 20.7 Å². The molecule has 1 saturated carbocycles. The Balaban J connectivity index is 2.29. The molecule has 0 amide bonds. The molecule has 0 atom stereocenters. The lowest BCUT2D eigenvalue weighted by Crippen LogP contribution is -2.31. The van der Waals surface area contributed by atoms with Gasteiger partial charge in [0.25, 0.3) is 0 Å². The molecule has 0 aromatic heterocycles. The first-order chi connectivity index (χ1) is 6.64. The topological polar surface area (TPSA) is 70.0 Å². The van der Waals surface area contributed by atoms with Crippen molar-refractivity contribution in [2.24, 2.45) is 5.92 Å². The molecular weight excluding hydrogens is 200 g/mol. The molecule has 5 heteroatoms. The molecule has 0 bridgehead atoms. The van der Waals surface area contributed by atoms with Gasteiger partial charge >= 0.3 is 0 Å². The highest BCUT2D eigenvalue weighted by atomic mass is 32.2. The number of nitrogens with one attached hydrogen (secondary N) is 1. The molecule has 0 radical (unpaired) electrons. The molecule has 0 aromatic rings. The summed E-state index contributed by atoms with van der Waals surface area (Å²) in [6.07, 6.45) is 5.88. The second-order valence-electron chi connectivity index (χ2n) is 3.77. The molecule has 1 rings (SSSR count). The fraction of sp³-hybridized carbons (Fsp3) is 0.889. The predicted octanol–water partition coefficient (Wildman–Crippen LogP) is 1.01. The van der Waals surface area contributed by atoms with Gasteiger partial charge < -0.3 is 0 Å². The maximum Gasteiger partial charge on any atom is 0.225 e. The third-order valence-corrected chi connectivity index (χ3v) is 3.69. The number of hydrogen-bond donors (Lipinski definition) is 1. The molecule has 1 fully saturated rings. The average molecular weight is 216 g/mol. The van der Waals surface area contributed by atoms with Crippen LogP contribution in [0.2, 0.25) is 0 Å². The van der Waals surface area contributed by atoms with Crippen LogP contribution < -0.4 is 4.72 Å². The smallest absolute Gasteiger partial charge is 0.214 e. The van der Waals surface area contributed by atoms with Gasteiger partial charge in [-0.25, -0.2) is 13.1 Å². The van der Waals surface area contributed by atoms with Crippen molar-refractivity contribution in [3.8, 4) is 6.07 Å². The van der Waals surface area contributed by atoms with E-state index in [1.165, 1.54) is 19.3 Å². The minimum atomic E-state index is -3.34. The van der Waals surface area contributed by atoms with Crippen LogP contribution in [0.5, 0.6) is 0 Å². The highest BCUT2D eigenvalue weighted by Gasteiger charge is 2.16. The Morgan fingerprint density at radius 1 is 1.29 bits per heavy atom. The Labute approximate surface area is 85.4 Å². The highest BCUT2D eigenvalue weighted by molar-refractivity contribution is 7.89. The zero-order valence-electron chi connectivity index (χ0n) is 8.20. The first-order valence-corrected chi connectivity index (χ1v) is 6.63. The lowest BCUT2D eigenvalue weighted by Gasteiger charge is -2.21. The van der Waals surface area contributed by atoms with Crippen molar-refractivity contribution in [1.29, 1.82) is 5.26 Å². The zero-order chi connectivity index (χ0) is 10.4. The van der Waals surface area contributed by atoms with E-state index in [0.29, 0.717) is 12.5 Å². The number of nitrogens with zero attached hydrogens (tertiary/aromatic N) is 1. The van der Waals surface area contributed by atoms with E-state index >= 15 is 0 Å². The molecule has 1 N–H and O–H groups in total. The molecular formula is C9H16N2O2S. The van der Waals surface area contributed by atoms with Crippen molar-refractivity contribution >= 4 is 10.0 Å². The van der Waals surface area contributed by atoms with Crippen LogP contribution in [0.3, 0.4) is 0 Å². The predicted molar refractivity (Wildman–Crippen MR) is 54.0 cm³/mol. The summed E-state index contributed by atoms with van der Waals surface area (Å²) in [4.78, 5) is 0. The SMILES string of the molecule is N#CCS(=O)(=O)NCC1CCCCC1. The van der Waals surface area contributed by atoms with Gasteiger partial charge in [-0.2, -0.15) is 5.26 Å². The van der Waals surface area contributed by atoms with Crippen molar-refractivity contribution in [2.75, 3.05) is 12.3 Å². The Kier molecular flexibility index (Phi) is 4.36. The van der Waals surface area contributed by atoms with Gasteiger partial charge in [-0.05, 0) is 18.8 Å². The summed E-state index contributed by atoms with van der Waals surface area (Å²) in [6, 6.07) is 1.65. The summed E-state index contributed by atoms with van der Waals surface area (Å²) in [7, 11) is -3.34. The summed E-state index contributed by atoms with van der Waals surface area (Å²) < 4.78 is 24.8. The van der Waals surface area contributed by atoms with Gasteiger partial charge in [-0.3, -0.25) is 0 Å². The number of nitriles is 1. The van der Waals surface area contributed by atoms with Gasteiger partial charge in [0.05, 0.1) is 6.07 Å². The third-order valence-electron chi connectivity index (χ3n) is 2.57. The minimum Gasteiger partial charge on any atom is -0.214 e. The van der Waals surface area contributed by atoms with Crippen LogP contribution in [0, 0.1) is 17.2 Å². The van der Waals surface area contributed by atoms with Gasteiger partial charge in [0.2, 0.25) is 10.0 Å². The fourth-order valence-corrected chi connectivity index (χ4v) is 2.53. The largest absolute Gasteiger partial charge is 0.225 e. The summed E-state index contributed by atoms with van der Waals surface area (Å²) in [5.74, 6) is 0.0388. The molecule has 4 nitrogen and oxygen atoms in total. The molecule has 14 heavy (non-hydrogen) atoms. The van der Waals surface area contributed by atoms with Gasteiger partial charge in [-0.1, -0.05) is 19.3 Å². The van der Waals surface area contributed by atoms with Crippen LogP contribution in [-0.2, 0) is 10.0 Å². The molecule has 0 saturated heterocycles. The lowest BCUT2D eigenvalue weighted by atomic mass is 9.90. The zero-order valence-corrected chi connectivity index (χ0v) is 9.02. The second-order valence-corrected chi connectivity index (χ2v) is 5.58. The summed E-state index contributed by atoms with van der Waals surface area (Å²) in [5, 5.41) is 8.27. The molecule has 1 aliphatic carbocycles. The minimum absolute atomic E-state index is 0.431. The second kappa shape index (κ2) is 5.32. The Hall–Kier alpha value is -0.600. The molecule has 80 valence electrons. The third kappa shape index (κ3) is 4.07. The summed E-state index contributed by atoms with van der Waals surface area (Å²) >= 11 is 0. The molecule has 0 unspecified atom stereocenters. The van der Waals surface area contributed by atoms with E-state index in [-0.39, 0.29) is 0 Å². The Morgan fingerprint density at radius 3 is 2.50 bits per heavy atom. The standard InChI is InChI=1S/C9H16N2O2S/c10-6-7-14(12,13)11-8-9-4-2-1-3-5-9/h9,11H,1-5,7-8H2. The number of rotatable bonds is 4. The van der Waals surface area contributed by atoms with Gasteiger partial charge in [0.15, 0.2) is 5.75 Å². The van der Waals surface area contributed by atoms with Crippen LogP contribution in [0.4, 0.5) is 0 Å². The van der Waals surface area contributed by atoms with E-state index < -0.39 is 15.8 Å². The van der Waals surface area contributed by atoms with Gasteiger partial charge in [0.1, 0.15) is 0 Å². The van der Waals surface area contributed by atoms with Crippen LogP contribution in [0.1, 0.15) is 32.1 Å². The molecule has 0 heterocycles.